The van der Waals surface area contributed by atoms with Crippen molar-refractivity contribution in [3.05, 3.63) is 11.6 Å². The summed E-state index contributed by atoms with van der Waals surface area (Å²) in [7, 11) is 0. The summed E-state index contributed by atoms with van der Waals surface area (Å²) in [6.45, 7) is 0. The zero-order chi connectivity index (χ0) is 9.97. The normalized spacial score (nSPS) is 35.3. The molecule has 0 aliphatic heterocycles. The summed E-state index contributed by atoms with van der Waals surface area (Å²) < 4.78 is 0. The van der Waals surface area contributed by atoms with Gasteiger partial charge in [0, 0.05) is 6.08 Å². The van der Waals surface area contributed by atoms with Crippen LogP contribution in [0.1, 0.15) is 44.9 Å². The molecule has 0 aromatic rings. The maximum absolute atomic E-state index is 10.6. The molecule has 2 fully saturated rings. The van der Waals surface area contributed by atoms with E-state index in [9.17, 15) is 4.79 Å². The molecule has 14 heavy (non-hydrogen) atoms. The lowest BCUT2D eigenvalue weighted by Gasteiger charge is -2.36. The van der Waals surface area contributed by atoms with Gasteiger partial charge in [-0.3, -0.25) is 0 Å². The molecule has 0 amide bonds. The Kier molecular flexibility index (Phi) is 2.90. The maximum atomic E-state index is 10.6. The van der Waals surface area contributed by atoms with Gasteiger partial charge < -0.3 is 5.11 Å². The van der Waals surface area contributed by atoms with E-state index in [-0.39, 0.29) is 0 Å². The first-order valence-electron chi connectivity index (χ1n) is 5.68. The molecule has 0 aromatic carbocycles. The van der Waals surface area contributed by atoms with Crippen molar-refractivity contribution < 1.29 is 9.90 Å². The van der Waals surface area contributed by atoms with Crippen LogP contribution in [-0.4, -0.2) is 11.1 Å². The molecule has 0 heterocycles. The number of fused-ring (bicyclic) bond motifs is 1. The van der Waals surface area contributed by atoms with Crippen LogP contribution in [0, 0.1) is 11.8 Å². The number of carbonyl (C=O) groups is 1. The zero-order valence-electron chi connectivity index (χ0n) is 8.54. The van der Waals surface area contributed by atoms with Crippen LogP contribution in [0.3, 0.4) is 0 Å². The van der Waals surface area contributed by atoms with Crippen LogP contribution in [0.4, 0.5) is 0 Å². The molecule has 0 aromatic heterocycles. The van der Waals surface area contributed by atoms with Gasteiger partial charge in [0.2, 0.25) is 0 Å². The van der Waals surface area contributed by atoms with Gasteiger partial charge in [0.05, 0.1) is 0 Å². The van der Waals surface area contributed by atoms with Gasteiger partial charge in [-0.15, -0.1) is 0 Å². The predicted octanol–water partition coefficient (Wildman–Crippen LogP) is 2.99. The summed E-state index contributed by atoms with van der Waals surface area (Å²) in [6.07, 6.45) is 10.2. The molecule has 0 radical (unpaired) electrons. The van der Waals surface area contributed by atoms with Crippen molar-refractivity contribution in [2.24, 2.45) is 11.8 Å². The van der Waals surface area contributed by atoms with Crippen molar-refractivity contribution in [2.45, 2.75) is 44.9 Å². The molecule has 2 rings (SSSR count). The number of hydrogen-bond acceptors (Lipinski definition) is 1. The van der Waals surface area contributed by atoms with Crippen LogP contribution in [0.25, 0.3) is 0 Å². The minimum absolute atomic E-state index is 0.769. The fourth-order valence-electron chi connectivity index (χ4n) is 3.05. The highest BCUT2D eigenvalue weighted by Gasteiger charge is 2.29. The first-order chi connectivity index (χ1) is 6.75. The van der Waals surface area contributed by atoms with Crippen LogP contribution in [0.5, 0.6) is 0 Å². The Labute approximate surface area is 85.0 Å². The minimum Gasteiger partial charge on any atom is -0.478 e. The molecule has 0 spiro atoms. The van der Waals surface area contributed by atoms with Crippen molar-refractivity contribution in [1.82, 2.24) is 0 Å². The SMILES string of the molecule is O=C(O)/C=C1/CCC2CCCCC2C1. The molecule has 0 saturated heterocycles. The summed E-state index contributed by atoms with van der Waals surface area (Å²) in [4.78, 5) is 10.6. The molecular weight excluding hydrogens is 176 g/mol. The molecule has 2 saturated carbocycles. The van der Waals surface area contributed by atoms with E-state index in [1.807, 2.05) is 0 Å². The minimum atomic E-state index is -0.769. The van der Waals surface area contributed by atoms with Gasteiger partial charge in [-0.2, -0.15) is 0 Å². The summed E-state index contributed by atoms with van der Waals surface area (Å²) in [6, 6.07) is 0. The van der Waals surface area contributed by atoms with Crippen molar-refractivity contribution in [1.29, 1.82) is 0 Å². The van der Waals surface area contributed by atoms with Crippen LogP contribution < -0.4 is 0 Å². The molecule has 78 valence electrons. The average Bonchev–Trinajstić information content (AvgIpc) is 2.17. The standard InChI is InChI=1S/C12H18O2/c13-12(14)8-9-5-6-10-3-1-2-4-11(10)7-9/h8,10-11H,1-7H2,(H,13,14)/b9-8-. The van der Waals surface area contributed by atoms with Crippen LogP contribution >= 0.6 is 0 Å². The lowest BCUT2D eigenvalue weighted by Crippen LogP contribution is -2.24. The number of aliphatic carboxylic acids is 1. The quantitative estimate of drug-likeness (QED) is 0.651. The van der Waals surface area contributed by atoms with E-state index < -0.39 is 5.97 Å². The first-order valence-corrected chi connectivity index (χ1v) is 5.68. The van der Waals surface area contributed by atoms with E-state index in [0.717, 1.165) is 24.7 Å². The number of allylic oxidation sites excluding steroid dienone is 1. The fourth-order valence-corrected chi connectivity index (χ4v) is 3.05. The topological polar surface area (TPSA) is 37.3 Å². The summed E-state index contributed by atoms with van der Waals surface area (Å²) >= 11 is 0. The molecule has 2 aliphatic carbocycles. The van der Waals surface area contributed by atoms with E-state index in [2.05, 4.69) is 0 Å². The summed E-state index contributed by atoms with van der Waals surface area (Å²) in [5.74, 6) is 0.923. The third-order valence-electron chi connectivity index (χ3n) is 3.75. The van der Waals surface area contributed by atoms with Crippen LogP contribution in [-0.2, 0) is 4.79 Å². The second-order valence-electron chi connectivity index (χ2n) is 4.69. The Morgan fingerprint density at radius 1 is 1.21 bits per heavy atom. The lowest BCUT2D eigenvalue weighted by molar-refractivity contribution is -0.131. The fraction of sp³-hybridized carbons (Fsp3) is 0.750. The van der Waals surface area contributed by atoms with Crippen molar-refractivity contribution in [3.63, 3.8) is 0 Å². The summed E-state index contributed by atoms with van der Waals surface area (Å²) in [5, 5.41) is 8.69. The Bertz CT molecular complexity index is 255. The van der Waals surface area contributed by atoms with Gasteiger partial charge in [0.25, 0.3) is 0 Å². The number of carboxylic acid groups (broad SMARTS) is 1. The van der Waals surface area contributed by atoms with Crippen LogP contribution in [0.15, 0.2) is 11.6 Å². The van der Waals surface area contributed by atoms with Gasteiger partial charge in [0.15, 0.2) is 0 Å². The molecule has 2 aliphatic rings. The highest BCUT2D eigenvalue weighted by Crippen LogP contribution is 2.42. The van der Waals surface area contributed by atoms with Crippen LogP contribution in [0.2, 0.25) is 0 Å². The Balaban J connectivity index is 1.99. The second-order valence-corrected chi connectivity index (χ2v) is 4.69. The van der Waals surface area contributed by atoms with Gasteiger partial charge in [-0.25, -0.2) is 4.79 Å². The highest BCUT2D eigenvalue weighted by atomic mass is 16.4. The van der Waals surface area contributed by atoms with Gasteiger partial charge in [-0.05, 0) is 37.5 Å². The smallest absolute Gasteiger partial charge is 0.328 e. The Hall–Kier alpha value is -0.790. The average molecular weight is 194 g/mol. The molecule has 2 unspecified atom stereocenters. The third-order valence-corrected chi connectivity index (χ3v) is 3.75. The number of rotatable bonds is 1. The van der Waals surface area contributed by atoms with Gasteiger partial charge in [0.1, 0.15) is 0 Å². The molecule has 1 N–H and O–H groups in total. The summed E-state index contributed by atoms with van der Waals surface area (Å²) in [5.41, 5.74) is 1.17. The van der Waals surface area contributed by atoms with Crippen molar-refractivity contribution in [3.8, 4) is 0 Å². The van der Waals surface area contributed by atoms with Crippen molar-refractivity contribution >= 4 is 5.97 Å². The lowest BCUT2D eigenvalue weighted by atomic mass is 9.69. The predicted molar refractivity (Wildman–Crippen MR) is 55.0 cm³/mol. The Morgan fingerprint density at radius 3 is 2.64 bits per heavy atom. The molecule has 2 atom stereocenters. The third kappa shape index (κ3) is 2.17. The van der Waals surface area contributed by atoms with E-state index in [0.29, 0.717) is 0 Å². The molecular formula is C12H18O2. The molecule has 2 heteroatoms. The monoisotopic (exact) mass is 194 g/mol. The second kappa shape index (κ2) is 4.16. The number of carboxylic acids is 1. The van der Waals surface area contributed by atoms with E-state index in [4.69, 9.17) is 5.11 Å². The van der Waals surface area contributed by atoms with Gasteiger partial charge >= 0.3 is 5.97 Å². The van der Waals surface area contributed by atoms with E-state index in [1.165, 1.54) is 43.8 Å². The van der Waals surface area contributed by atoms with E-state index in [1.54, 1.807) is 0 Å². The first kappa shape index (κ1) is 9.75. The number of hydrogen-bond donors (Lipinski definition) is 1. The largest absolute Gasteiger partial charge is 0.478 e. The molecule has 0 bridgehead atoms. The Morgan fingerprint density at radius 2 is 1.93 bits per heavy atom. The maximum Gasteiger partial charge on any atom is 0.328 e. The highest BCUT2D eigenvalue weighted by molar-refractivity contribution is 5.80. The zero-order valence-corrected chi connectivity index (χ0v) is 8.54. The van der Waals surface area contributed by atoms with E-state index >= 15 is 0 Å². The molecule has 2 nitrogen and oxygen atoms in total. The van der Waals surface area contributed by atoms with Gasteiger partial charge in [-0.1, -0.05) is 24.8 Å². The van der Waals surface area contributed by atoms with Crippen molar-refractivity contribution in [2.75, 3.05) is 0 Å².